The van der Waals surface area contributed by atoms with Crippen LogP contribution in [-0.4, -0.2) is 41.6 Å². The van der Waals surface area contributed by atoms with Gasteiger partial charge in [0.05, 0.1) is 39.1 Å². The van der Waals surface area contributed by atoms with Crippen molar-refractivity contribution < 1.29 is 29.2 Å². The second-order valence-corrected chi connectivity index (χ2v) is 8.07. The zero-order valence-electron chi connectivity index (χ0n) is 19.1. The maximum atomic E-state index is 13.1. The minimum Gasteiger partial charge on any atom is -0.508 e. The third-order valence-electron chi connectivity index (χ3n) is 5.38. The number of aliphatic hydroxyl groups excluding tert-OH is 2. The van der Waals surface area contributed by atoms with Crippen LogP contribution in [-0.2, 0) is 35.7 Å². The van der Waals surface area contributed by atoms with Gasteiger partial charge in [0, 0.05) is 12.1 Å². The molecular weight excluding hydrogens is 437 g/mol. The molecule has 7 heteroatoms. The largest absolute Gasteiger partial charge is 0.508 e. The summed E-state index contributed by atoms with van der Waals surface area (Å²) in [6.45, 7) is 2.51. The average molecular weight is 470 g/mol. The highest BCUT2D eigenvalue weighted by Crippen LogP contribution is 2.22. The molecule has 0 unspecified atom stereocenters. The summed E-state index contributed by atoms with van der Waals surface area (Å²) in [6, 6.07) is 19.3. The summed E-state index contributed by atoms with van der Waals surface area (Å²) in [7, 11) is 0. The smallest absolute Gasteiger partial charge is 0.123 e. The number of hydrogen-bond donors (Lipinski definition) is 4. The highest BCUT2D eigenvalue weighted by Gasteiger charge is 2.10. The Kier molecular flexibility index (Phi) is 10.5. The van der Waals surface area contributed by atoms with Gasteiger partial charge in [-0.2, -0.15) is 0 Å². The van der Waals surface area contributed by atoms with Gasteiger partial charge in [0.1, 0.15) is 11.6 Å². The van der Waals surface area contributed by atoms with Crippen molar-refractivity contribution in [3.63, 3.8) is 0 Å². The van der Waals surface area contributed by atoms with Crippen molar-refractivity contribution in [2.24, 2.45) is 0 Å². The molecule has 0 aliphatic rings. The molecule has 0 fully saturated rings. The van der Waals surface area contributed by atoms with Gasteiger partial charge in [0.25, 0.3) is 0 Å². The van der Waals surface area contributed by atoms with Crippen LogP contribution in [0.4, 0.5) is 4.39 Å². The Hall–Kier alpha value is -2.81. The number of ether oxygens (including phenoxy) is 2. The first-order valence-electron chi connectivity index (χ1n) is 11.3. The van der Waals surface area contributed by atoms with Crippen LogP contribution in [0.3, 0.4) is 0 Å². The molecule has 3 rings (SSSR count). The number of hydrogen-bond acceptors (Lipinski definition) is 6. The molecule has 0 saturated carbocycles. The Labute approximate surface area is 199 Å². The SMILES string of the molecule is OCc1cc([C@@H](O)CNCCc2cccc(COCCOCc3cccc(F)c3)c2)ccc1O. The van der Waals surface area contributed by atoms with Crippen LogP contribution in [0.5, 0.6) is 5.75 Å². The van der Waals surface area contributed by atoms with Gasteiger partial charge in [0.2, 0.25) is 0 Å². The second kappa shape index (κ2) is 13.8. The van der Waals surface area contributed by atoms with E-state index in [2.05, 4.69) is 17.4 Å². The van der Waals surface area contributed by atoms with Crippen molar-refractivity contribution in [2.45, 2.75) is 32.3 Å². The standard InChI is InChI=1S/C27H32FNO5/c28-25-6-2-5-22(14-25)19-34-12-11-33-18-21-4-1-3-20(13-21)9-10-29-16-27(32)23-7-8-26(31)24(15-23)17-30/h1-8,13-15,27,29-32H,9-12,16-19H2/t27-/m0/s1. The van der Waals surface area contributed by atoms with Crippen LogP contribution >= 0.6 is 0 Å². The third kappa shape index (κ3) is 8.52. The summed E-state index contributed by atoms with van der Waals surface area (Å²) >= 11 is 0. The Morgan fingerprint density at radius 2 is 1.53 bits per heavy atom. The molecule has 0 heterocycles. The molecule has 4 N–H and O–H groups in total. The molecule has 0 aromatic heterocycles. The summed E-state index contributed by atoms with van der Waals surface area (Å²) in [6.07, 6.45) is 0.0724. The zero-order chi connectivity index (χ0) is 24.2. The van der Waals surface area contributed by atoms with Gasteiger partial charge in [-0.3, -0.25) is 0 Å². The monoisotopic (exact) mass is 469 g/mol. The van der Waals surface area contributed by atoms with Crippen LogP contribution in [0.25, 0.3) is 0 Å². The van der Waals surface area contributed by atoms with Gasteiger partial charge in [0.15, 0.2) is 0 Å². The molecule has 0 aliphatic heterocycles. The lowest BCUT2D eigenvalue weighted by atomic mass is 10.0. The Balaban J connectivity index is 1.32. The van der Waals surface area contributed by atoms with E-state index in [9.17, 15) is 19.7 Å². The topological polar surface area (TPSA) is 91.2 Å². The quantitative estimate of drug-likeness (QED) is 0.270. The molecule has 182 valence electrons. The fraction of sp³-hybridized carbons (Fsp3) is 0.333. The maximum Gasteiger partial charge on any atom is 0.123 e. The lowest BCUT2D eigenvalue weighted by Crippen LogP contribution is -2.23. The van der Waals surface area contributed by atoms with Gasteiger partial charge in [-0.1, -0.05) is 42.5 Å². The number of phenols is 1. The Morgan fingerprint density at radius 1 is 0.853 bits per heavy atom. The molecule has 3 aromatic carbocycles. The van der Waals surface area contributed by atoms with Gasteiger partial charge in [-0.05, 0) is 59.5 Å². The third-order valence-corrected chi connectivity index (χ3v) is 5.38. The van der Waals surface area contributed by atoms with Gasteiger partial charge >= 0.3 is 0 Å². The van der Waals surface area contributed by atoms with Crippen molar-refractivity contribution in [2.75, 3.05) is 26.3 Å². The molecule has 0 spiro atoms. The van der Waals surface area contributed by atoms with Crippen molar-refractivity contribution in [1.82, 2.24) is 5.32 Å². The van der Waals surface area contributed by atoms with Gasteiger partial charge < -0.3 is 30.1 Å². The lowest BCUT2D eigenvalue weighted by molar-refractivity contribution is 0.0338. The fourth-order valence-corrected chi connectivity index (χ4v) is 3.53. The number of halogens is 1. The van der Waals surface area contributed by atoms with Crippen LogP contribution in [0.1, 0.15) is 33.9 Å². The van der Waals surface area contributed by atoms with Crippen molar-refractivity contribution in [1.29, 1.82) is 0 Å². The summed E-state index contributed by atoms with van der Waals surface area (Å²) in [4.78, 5) is 0. The maximum absolute atomic E-state index is 13.1. The van der Waals surface area contributed by atoms with Crippen molar-refractivity contribution in [3.05, 3.63) is 100 Å². The average Bonchev–Trinajstić information content (AvgIpc) is 2.84. The first kappa shape index (κ1) is 25.8. The van der Waals surface area contributed by atoms with E-state index in [1.165, 1.54) is 18.2 Å². The Bertz CT molecular complexity index is 1030. The van der Waals surface area contributed by atoms with Crippen LogP contribution in [0.2, 0.25) is 0 Å². The van der Waals surface area contributed by atoms with E-state index >= 15 is 0 Å². The first-order valence-corrected chi connectivity index (χ1v) is 11.3. The number of aliphatic hydroxyl groups is 2. The van der Waals surface area contributed by atoms with E-state index in [1.54, 1.807) is 18.2 Å². The summed E-state index contributed by atoms with van der Waals surface area (Å²) in [5.74, 6) is -0.246. The predicted octanol–water partition coefficient (Wildman–Crippen LogP) is 3.62. The van der Waals surface area contributed by atoms with E-state index in [4.69, 9.17) is 9.47 Å². The van der Waals surface area contributed by atoms with E-state index in [0.717, 1.165) is 23.1 Å². The van der Waals surface area contributed by atoms with E-state index < -0.39 is 6.10 Å². The number of benzene rings is 3. The first-order chi connectivity index (χ1) is 16.5. The molecule has 0 amide bonds. The van der Waals surface area contributed by atoms with Crippen LogP contribution in [0, 0.1) is 5.82 Å². The predicted molar refractivity (Wildman–Crippen MR) is 128 cm³/mol. The highest BCUT2D eigenvalue weighted by atomic mass is 19.1. The molecule has 0 bridgehead atoms. The molecule has 0 aliphatic carbocycles. The lowest BCUT2D eigenvalue weighted by Gasteiger charge is -2.14. The van der Waals surface area contributed by atoms with Gasteiger partial charge in [-0.25, -0.2) is 4.39 Å². The minimum absolute atomic E-state index is 0.0201. The van der Waals surface area contributed by atoms with Gasteiger partial charge in [-0.15, -0.1) is 0 Å². The molecule has 0 saturated heterocycles. The molecular formula is C27H32FNO5. The normalized spacial score (nSPS) is 12.1. The van der Waals surface area contributed by atoms with Crippen LogP contribution in [0.15, 0.2) is 66.7 Å². The second-order valence-electron chi connectivity index (χ2n) is 8.07. The molecule has 0 radical (unpaired) electrons. The number of aromatic hydroxyl groups is 1. The van der Waals surface area contributed by atoms with E-state index in [-0.39, 0.29) is 18.2 Å². The van der Waals surface area contributed by atoms with E-state index in [1.807, 2.05) is 18.2 Å². The minimum atomic E-state index is -0.728. The molecule has 34 heavy (non-hydrogen) atoms. The highest BCUT2D eigenvalue weighted by molar-refractivity contribution is 5.36. The molecule has 1 atom stereocenters. The fourth-order valence-electron chi connectivity index (χ4n) is 3.53. The van der Waals surface area contributed by atoms with E-state index in [0.29, 0.717) is 50.6 Å². The van der Waals surface area contributed by atoms with Crippen molar-refractivity contribution >= 4 is 0 Å². The molecule has 6 nitrogen and oxygen atoms in total. The van der Waals surface area contributed by atoms with Crippen LogP contribution < -0.4 is 5.32 Å². The Morgan fingerprint density at radius 3 is 2.24 bits per heavy atom. The summed E-state index contributed by atoms with van der Waals surface area (Å²) in [5.41, 5.74) is 4.08. The van der Waals surface area contributed by atoms with Crippen molar-refractivity contribution in [3.8, 4) is 5.75 Å². The molecule has 3 aromatic rings. The zero-order valence-corrected chi connectivity index (χ0v) is 19.1. The number of nitrogens with one attached hydrogen (secondary N) is 1. The summed E-state index contributed by atoms with van der Waals surface area (Å²) < 4.78 is 24.4. The summed E-state index contributed by atoms with van der Waals surface area (Å²) in [5, 5.41) is 32.5. The number of rotatable bonds is 14.